The molecule has 0 aliphatic heterocycles. The van der Waals surface area contributed by atoms with Crippen LogP contribution in [0.3, 0.4) is 0 Å². The molecule has 0 saturated heterocycles. The minimum atomic E-state index is -0.478. The average Bonchev–Trinajstić information content (AvgIpc) is 2.58. The van der Waals surface area contributed by atoms with Gasteiger partial charge in [-0.2, -0.15) is 5.26 Å². The van der Waals surface area contributed by atoms with Crippen molar-refractivity contribution in [1.82, 2.24) is 0 Å². The van der Waals surface area contributed by atoms with Crippen molar-refractivity contribution >= 4 is 17.3 Å². The molecular weight excluding hydrogens is 352 g/mol. The van der Waals surface area contributed by atoms with E-state index in [4.69, 9.17) is 0 Å². The van der Waals surface area contributed by atoms with Crippen LogP contribution in [0.1, 0.15) is 63.8 Å². The summed E-state index contributed by atoms with van der Waals surface area (Å²) in [6.07, 6.45) is 1.71. The normalized spacial score (nSPS) is 12.5. The Kier molecular flexibility index (Phi) is 5.65. The predicted octanol–water partition coefficient (Wildman–Crippen LogP) is 5.96. The number of phenols is 1. The van der Waals surface area contributed by atoms with Crippen LogP contribution >= 0.6 is 0 Å². The van der Waals surface area contributed by atoms with Crippen LogP contribution in [0.4, 0.5) is 5.69 Å². The van der Waals surface area contributed by atoms with Crippen molar-refractivity contribution < 1.29 is 10.0 Å². The lowest BCUT2D eigenvalue weighted by Crippen LogP contribution is -2.17. The second-order valence-electron chi connectivity index (χ2n) is 8.94. The van der Waals surface area contributed by atoms with E-state index in [2.05, 4.69) is 6.07 Å². The smallest absolute Gasteiger partial charge is 0.270 e. The number of phenolic OH excluding ortho intramolecular Hbond substituents is 1. The van der Waals surface area contributed by atoms with E-state index in [0.29, 0.717) is 11.1 Å². The van der Waals surface area contributed by atoms with E-state index in [9.17, 15) is 20.5 Å². The summed E-state index contributed by atoms with van der Waals surface area (Å²) in [7, 11) is 0. The molecule has 2 rings (SSSR count). The van der Waals surface area contributed by atoms with Crippen molar-refractivity contribution in [3.63, 3.8) is 0 Å². The first-order valence-electron chi connectivity index (χ1n) is 9.09. The SMILES string of the molecule is CC(C)(C)c1cc(C=C(C#N)c2cccc([N+](=O)[O-])c2)cc(C(C)(C)C)c1O. The third-order valence-corrected chi connectivity index (χ3v) is 4.55. The largest absolute Gasteiger partial charge is 0.507 e. The van der Waals surface area contributed by atoms with Gasteiger partial charge in [0, 0.05) is 23.3 Å². The Balaban J connectivity index is 2.71. The van der Waals surface area contributed by atoms with Crippen molar-refractivity contribution in [3.8, 4) is 11.8 Å². The zero-order chi connectivity index (χ0) is 21.3. The second kappa shape index (κ2) is 7.47. The topological polar surface area (TPSA) is 87.2 Å². The van der Waals surface area contributed by atoms with Gasteiger partial charge < -0.3 is 5.11 Å². The lowest BCUT2D eigenvalue weighted by atomic mass is 9.78. The summed E-state index contributed by atoms with van der Waals surface area (Å²) < 4.78 is 0. The Morgan fingerprint density at radius 3 is 2.04 bits per heavy atom. The van der Waals surface area contributed by atoms with E-state index < -0.39 is 4.92 Å². The molecule has 146 valence electrons. The van der Waals surface area contributed by atoms with Crippen LogP contribution in [0.2, 0.25) is 0 Å². The van der Waals surface area contributed by atoms with Gasteiger partial charge in [0.1, 0.15) is 5.75 Å². The monoisotopic (exact) mass is 378 g/mol. The summed E-state index contributed by atoms with van der Waals surface area (Å²) in [4.78, 5) is 10.6. The van der Waals surface area contributed by atoms with Gasteiger partial charge in [0.25, 0.3) is 5.69 Å². The number of nitrogens with zero attached hydrogens (tertiary/aromatic N) is 2. The number of hydrogen-bond acceptors (Lipinski definition) is 4. The van der Waals surface area contributed by atoms with Crippen LogP contribution in [0.25, 0.3) is 11.6 Å². The van der Waals surface area contributed by atoms with E-state index in [1.807, 2.05) is 53.7 Å². The van der Waals surface area contributed by atoms with Crippen LogP contribution in [0, 0.1) is 21.4 Å². The molecule has 0 amide bonds. The predicted molar refractivity (Wildman–Crippen MR) is 112 cm³/mol. The molecule has 0 aliphatic carbocycles. The third-order valence-electron chi connectivity index (χ3n) is 4.55. The minimum Gasteiger partial charge on any atom is -0.507 e. The maximum Gasteiger partial charge on any atom is 0.270 e. The maximum atomic E-state index is 11.0. The summed E-state index contributed by atoms with van der Waals surface area (Å²) in [6.45, 7) is 12.1. The number of nitro groups is 1. The molecule has 5 nitrogen and oxygen atoms in total. The molecule has 0 atom stereocenters. The van der Waals surface area contributed by atoms with E-state index in [0.717, 1.165) is 16.7 Å². The van der Waals surface area contributed by atoms with Crippen LogP contribution < -0.4 is 0 Å². The Bertz CT molecular complexity index is 949. The Hall–Kier alpha value is -3.13. The number of non-ortho nitro benzene ring substituents is 1. The van der Waals surface area contributed by atoms with Gasteiger partial charge in [-0.3, -0.25) is 10.1 Å². The van der Waals surface area contributed by atoms with E-state index in [1.165, 1.54) is 12.1 Å². The van der Waals surface area contributed by atoms with Gasteiger partial charge in [0.05, 0.1) is 16.6 Å². The number of hydrogen-bond donors (Lipinski definition) is 1. The molecule has 2 aromatic carbocycles. The Morgan fingerprint density at radius 1 is 1.07 bits per heavy atom. The van der Waals surface area contributed by atoms with Crippen molar-refractivity contribution in [2.45, 2.75) is 52.4 Å². The molecule has 28 heavy (non-hydrogen) atoms. The van der Waals surface area contributed by atoms with Crippen LogP contribution in [-0.2, 0) is 10.8 Å². The first-order valence-corrected chi connectivity index (χ1v) is 9.09. The Morgan fingerprint density at radius 2 is 1.61 bits per heavy atom. The summed E-state index contributed by atoms with van der Waals surface area (Å²) in [5, 5.41) is 31.5. The first-order chi connectivity index (χ1) is 12.8. The molecule has 0 aliphatic rings. The molecule has 2 aromatic rings. The molecule has 0 aromatic heterocycles. The highest BCUT2D eigenvalue weighted by molar-refractivity contribution is 5.90. The fourth-order valence-corrected chi connectivity index (χ4v) is 3.02. The number of nitriles is 1. The van der Waals surface area contributed by atoms with Gasteiger partial charge in [-0.25, -0.2) is 0 Å². The number of nitro benzene ring substituents is 1. The van der Waals surface area contributed by atoms with Crippen molar-refractivity contribution in [2.24, 2.45) is 0 Å². The van der Waals surface area contributed by atoms with E-state index in [-0.39, 0.29) is 22.3 Å². The summed E-state index contributed by atoms with van der Waals surface area (Å²) in [6, 6.07) is 11.9. The minimum absolute atomic E-state index is 0.0601. The number of allylic oxidation sites excluding steroid dienone is 1. The van der Waals surface area contributed by atoms with Gasteiger partial charge in [0.15, 0.2) is 0 Å². The van der Waals surface area contributed by atoms with Gasteiger partial charge in [-0.15, -0.1) is 0 Å². The molecule has 0 fully saturated rings. The molecule has 0 spiro atoms. The average molecular weight is 378 g/mol. The third kappa shape index (κ3) is 4.58. The fourth-order valence-electron chi connectivity index (χ4n) is 3.02. The van der Waals surface area contributed by atoms with Crippen LogP contribution in [-0.4, -0.2) is 10.0 Å². The molecule has 0 radical (unpaired) electrons. The quantitative estimate of drug-likeness (QED) is 0.309. The summed E-state index contributed by atoms with van der Waals surface area (Å²) in [5.74, 6) is 0.269. The van der Waals surface area contributed by atoms with E-state index >= 15 is 0 Å². The van der Waals surface area contributed by atoms with Crippen molar-refractivity contribution in [3.05, 3.63) is 68.8 Å². The number of benzene rings is 2. The van der Waals surface area contributed by atoms with Crippen molar-refractivity contribution in [1.29, 1.82) is 5.26 Å². The van der Waals surface area contributed by atoms with Gasteiger partial charge >= 0.3 is 0 Å². The summed E-state index contributed by atoms with van der Waals surface area (Å²) in [5.41, 5.74) is 2.54. The Labute approximate surface area is 166 Å². The number of rotatable bonds is 3. The molecule has 0 saturated carbocycles. The van der Waals surface area contributed by atoms with Gasteiger partial charge in [-0.1, -0.05) is 53.7 Å². The first kappa shape index (κ1) is 21.2. The molecule has 0 heterocycles. The molecule has 0 bridgehead atoms. The highest BCUT2D eigenvalue weighted by Crippen LogP contribution is 2.40. The molecular formula is C23H26N2O3. The molecule has 5 heteroatoms. The highest BCUT2D eigenvalue weighted by Gasteiger charge is 2.26. The lowest BCUT2D eigenvalue weighted by molar-refractivity contribution is -0.384. The second-order valence-corrected chi connectivity index (χ2v) is 8.94. The lowest BCUT2D eigenvalue weighted by Gasteiger charge is -2.28. The standard InChI is InChI=1S/C23H26N2O3/c1-22(2,3)19-11-15(12-20(21(19)26)23(4,5)6)10-17(14-24)16-8-7-9-18(13-16)25(27)28/h7-13,26H,1-6H3. The van der Waals surface area contributed by atoms with E-state index in [1.54, 1.807) is 18.2 Å². The number of aromatic hydroxyl groups is 1. The van der Waals surface area contributed by atoms with Crippen LogP contribution in [0.15, 0.2) is 36.4 Å². The summed E-state index contributed by atoms with van der Waals surface area (Å²) >= 11 is 0. The maximum absolute atomic E-state index is 11.0. The van der Waals surface area contributed by atoms with Crippen LogP contribution in [0.5, 0.6) is 5.75 Å². The zero-order valence-corrected chi connectivity index (χ0v) is 17.2. The van der Waals surface area contributed by atoms with Crippen molar-refractivity contribution in [2.75, 3.05) is 0 Å². The fraction of sp³-hybridized carbons (Fsp3) is 0.348. The highest BCUT2D eigenvalue weighted by atomic mass is 16.6. The zero-order valence-electron chi connectivity index (χ0n) is 17.2. The van der Waals surface area contributed by atoms with Gasteiger partial charge in [-0.05, 0) is 40.2 Å². The molecule has 0 unspecified atom stereocenters. The van der Waals surface area contributed by atoms with Gasteiger partial charge in [0.2, 0.25) is 0 Å². The molecule has 1 N–H and O–H groups in total.